The molecule has 0 spiro atoms. The van der Waals surface area contributed by atoms with E-state index in [-0.39, 0.29) is 5.78 Å². The maximum Gasteiger partial charge on any atom is 0.161 e. The highest BCUT2D eigenvalue weighted by Crippen LogP contribution is 2.32. The van der Waals surface area contributed by atoms with Gasteiger partial charge in [-0.15, -0.1) is 0 Å². The van der Waals surface area contributed by atoms with Crippen LogP contribution in [0.5, 0.6) is 0 Å². The van der Waals surface area contributed by atoms with E-state index in [4.69, 9.17) is 0 Å². The van der Waals surface area contributed by atoms with Crippen molar-refractivity contribution in [2.75, 3.05) is 0 Å². The highest BCUT2D eigenvalue weighted by atomic mass is 127. The summed E-state index contributed by atoms with van der Waals surface area (Å²) in [6.45, 7) is 1.62. The first-order valence-electron chi connectivity index (χ1n) is 5.71. The first kappa shape index (κ1) is 13.0. The lowest BCUT2D eigenvalue weighted by atomic mass is 10.00. The number of rotatable bonds is 3. The van der Waals surface area contributed by atoms with Crippen molar-refractivity contribution >= 4 is 37.5 Å². The third-order valence-electron chi connectivity index (χ3n) is 2.66. The zero-order chi connectivity index (χ0) is 13.0. The van der Waals surface area contributed by atoms with E-state index in [0.717, 1.165) is 20.3 Å². The predicted octanol–water partition coefficient (Wildman–Crippen LogP) is 4.58. The predicted molar refractivity (Wildman–Crippen MR) is 84.4 cm³/mol. The second-order valence-electron chi connectivity index (χ2n) is 3.98. The maximum atomic E-state index is 11.9. The topological polar surface area (TPSA) is 17.1 Å². The largest absolute Gasteiger partial charge is 0.294 e. The molecule has 2 aromatic carbocycles. The van der Waals surface area contributed by atoms with Crippen LogP contribution in [0.15, 0.2) is 60.7 Å². The quantitative estimate of drug-likeness (QED) is 0.451. The van der Waals surface area contributed by atoms with Gasteiger partial charge < -0.3 is 0 Å². The second-order valence-corrected chi connectivity index (χ2v) is 5.06. The average molecular weight is 348 g/mol. The van der Waals surface area contributed by atoms with Crippen LogP contribution in [0.2, 0.25) is 0 Å². The van der Waals surface area contributed by atoms with E-state index in [0.29, 0.717) is 0 Å². The number of carbonyl (C=O) groups excluding carboxylic acids is 1. The highest BCUT2D eigenvalue weighted by Gasteiger charge is 2.13. The molecule has 2 heteroatoms. The SMILES string of the molecule is CC(=O)C(=C(I)c1ccccc1)c1ccccc1. The van der Waals surface area contributed by atoms with Crippen molar-refractivity contribution < 1.29 is 4.79 Å². The molecule has 18 heavy (non-hydrogen) atoms. The fraction of sp³-hybridized carbons (Fsp3) is 0.0625. The molecule has 0 unspecified atom stereocenters. The molecule has 0 heterocycles. The van der Waals surface area contributed by atoms with Gasteiger partial charge in [0.1, 0.15) is 0 Å². The molecule has 2 rings (SSSR count). The third kappa shape index (κ3) is 2.88. The fourth-order valence-corrected chi connectivity index (χ4v) is 2.87. The molecule has 0 atom stereocenters. The van der Waals surface area contributed by atoms with Gasteiger partial charge in [-0.1, -0.05) is 60.7 Å². The minimum absolute atomic E-state index is 0.0921. The fourth-order valence-electron chi connectivity index (χ4n) is 1.82. The summed E-state index contributed by atoms with van der Waals surface area (Å²) in [5.74, 6) is 0.0921. The van der Waals surface area contributed by atoms with E-state index in [9.17, 15) is 4.79 Å². The minimum Gasteiger partial charge on any atom is -0.294 e. The summed E-state index contributed by atoms with van der Waals surface area (Å²) in [4.78, 5) is 11.9. The van der Waals surface area contributed by atoms with E-state index in [2.05, 4.69) is 22.6 Å². The lowest BCUT2D eigenvalue weighted by molar-refractivity contribution is -0.111. The van der Waals surface area contributed by atoms with Crippen LogP contribution in [0.4, 0.5) is 0 Å². The summed E-state index contributed by atoms with van der Waals surface area (Å²) >= 11 is 2.25. The average Bonchev–Trinajstić information content (AvgIpc) is 2.40. The zero-order valence-electron chi connectivity index (χ0n) is 10.1. The van der Waals surface area contributed by atoms with E-state index >= 15 is 0 Å². The summed E-state index contributed by atoms with van der Waals surface area (Å²) in [5.41, 5.74) is 2.83. The Balaban J connectivity index is 2.58. The molecule has 0 saturated heterocycles. The molecule has 0 radical (unpaired) electrons. The van der Waals surface area contributed by atoms with Crippen LogP contribution >= 0.6 is 22.6 Å². The lowest BCUT2D eigenvalue weighted by Gasteiger charge is -2.08. The molecule has 1 nitrogen and oxygen atoms in total. The molecular weight excluding hydrogens is 335 g/mol. The van der Waals surface area contributed by atoms with Gasteiger partial charge in [0.05, 0.1) is 0 Å². The lowest BCUT2D eigenvalue weighted by Crippen LogP contribution is -1.98. The van der Waals surface area contributed by atoms with E-state index in [1.807, 2.05) is 60.7 Å². The molecule has 0 aliphatic heterocycles. The Hall–Kier alpha value is -1.42. The van der Waals surface area contributed by atoms with Crippen LogP contribution in [-0.4, -0.2) is 5.78 Å². The van der Waals surface area contributed by atoms with Crippen molar-refractivity contribution in [2.45, 2.75) is 6.92 Å². The standard InChI is InChI=1S/C16H13IO/c1-12(18)15(13-8-4-2-5-9-13)16(17)14-10-6-3-7-11-14/h2-11H,1H3. The Bertz CT molecular complexity index is 571. The Labute approximate surface area is 121 Å². The van der Waals surface area contributed by atoms with Gasteiger partial charge in [-0.05, 0) is 40.6 Å². The molecule has 0 bridgehead atoms. The van der Waals surface area contributed by atoms with Crippen molar-refractivity contribution in [2.24, 2.45) is 0 Å². The van der Waals surface area contributed by atoms with Crippen LogP contribution in [0.1, 0.15) is 18.1 Å². The summed E-state index contributed by atoms with van der Waals surface area (Å²) in [6.07, 6.45) is 0. The van der Waals surface area contributed by atoms with E-state index in [1.54, 1.807) is 6.92 Å². The molecule has 2 aromatic rings. The number of hydrogen-bond acceptors (Lipinski definition) is 1. The Morgan fingerprint density at radius 3 is 1.72 bits per heavy atom. The Morgan fingerprint density at radius 1 is 0.833 bits per heavy atom. The molecule has 0 amide bonds. The molecule has 0 aliphatic rings. The zero-order valence-corrected chi connectivity index (χ0v) is 12.2. The minimum atomic E-state index is 0.0921. The van der Waals surface area contributed by atoms with Gasteiger partial charge in [0.15, 0.2) is 5.78 Å². The molecule has 0 N–H and O–H groups in total. The van der Waals surface area contributed by atoms with E-state index < -0.39 is 0 Å². The van der Waals surface area contributed by atoms with Crippen molar-refractivity contribution in [3.8, 4) is 0 Å². The van der Waals surface area contributed by atoms with Crippen LogP contribution < -0.4 is 0 Å². The molecule has 0 aromatic heterocycles. The monoisotopic (exact) mass is 348 g/mol. The number of benzene rings is 2. The van der Waals surface area contributed by atoms with Crippen molar-refractivity contribution in [3.05, 3.63) is 71.8 Å². The van der Waals surface area contributed by atoms with Gasteiger partial charge in [0, 0.05) is 9.15 Å². The summed E-state index contributed by atoms with van der Waals surface area (Å²) in [6, 6.07) is 19.8. The van der Waals surface area contributed by atoms with Gasteiger partial charge in [-0.2, -0.15) is 0 Å². The number of carbonyl (C=O) groups is 1. The molecular formula is C16H13IO. The van der Waals surface area contributed by atoms with Gasteiger partial charge in [0.25, 0.3) is 0 Å². The maximum absolute atomic E-state index is 11.9. The second kappa shape index (κ2) is 5.96. The van der Waals surface area contributed by atoms with Gasteiger partial charge in [-0.3, -0.25) is 4.79 Å². The van der Waals surface area contributed by atoms with Crippen LogP contribution in [0, 0.1) is 0 Å². The van der Waals surface area contributed by atoms with Crippen molar-refractivity contribution in [3.63, 3.8) is 0 Å². The Morgan fingerprint density at radius 2 is 1.28 bits per heavy atom. The van der Waals surface area contributed by atoms with Crippen molar-refractivity contribution in [1.82, 2.24) is 0 Å². The number of hydrogen-bond donors (Lipinski definition) is 0. The van der Waals surface area contributed by atoms with Crippen LogP contribution in [0.25, 0.3) is 9.15 Å². The smallest absolute Gasteiger partial charge is 0.161 e. The number of halogens is 1. The molecule has 0 fully saturated rings. The van der Waals surface area contributed by atoms with Gasteiger partial charge in [0.2, 0.25) is 0 Å². The van der Waals surface area contributed by atoms with Crippen LogP contribution in [0.3, 0.4) is 0 Å². The van der Waals surface area contributed by atoms with Crippen molar-refractivity contribution in [1.29, 1.82) is 0 Å². The summed E-state index contributed by atoms with van der Waals surface area (Å²) < 4.78 is 0.992. The first-order chi connectivity index (χ1) is 8.70. The molecule has 0 aliphatic carbocycles. The summed E-state index contributed by atoms with van der Waals surface area (Å²) in [5, 5.41) is 0. The van der Waals surface area contributed by atoms with Gasteiger partial charge >= 0.3 is 0 Å². The number of ketones is 1. The van der Waals surface area contributed by atoms with E-state index in [1.165, 1.54) is 0 Å². The molecule has 90 valence electrons. The third-order valence-corrected chi connectivity index (χ3v) is 3.82. The molecule has 0 saturated carbocycles. The van der Waals surface area contributed by atoms with Gasteiger partial charge in [-0.25, -0.2) is 0 Å². The normalized spacial score (nSPS) is 11.9. The number of allylic oxidation sites excluding steroid dienone is 1. The first-order valence-corrected chi connectivity index (χ1v) is 6.79. The Kier molecular flexibility index (Phi) is 4.31. The summed E-state index contributed by atoms with van der Waals surface area (Å²) in [7, 11) is 0. The van der Waals surface area contributed by atoms with Crippen LogP contribution in [-0.2, 0) is 4.79 Å². The highest BCUT2D eigenvalue weighted by molar-refractivity contribution is 14.1. The number of Topliss-reactive ketones (excluding diaryl/α,β-unsaturated/α-hetero) is 1.